The lowest BCUT2D eigenvalue weighted by Gasteiger charge is -2.36. The van der Waals surface area contributed by atoms with E-state index in [0.29, 0.717) is 12.5 Å². The monoisotopic (exact) mass is 335 g/mol. The van der Waals surface area contributed by atoms with Crippen LogP contribution in [0.2, 0.25) is 0 Å². The fourth-order valence-electron chi connectivity index (χ4n) is 2.72. The van der Waals surface area contributed by atoms with Crippen molar-refractivity contribution in [1.82, 2.24) is 4.98 Å². The fourth-order valence-corrected chi connectivity index (χ4v) is 3.06. The highest BCUT2D eigenvalue weighted by Crippen LogP contribution is 2.33. The molecule has 2 unspecified atom stereocenters. The van der Waals surface area contributed by atoms with E-state index in [0.717, 1.165) is 39.7 Å². The SMILES string of the molecule is CC1CCN(c2ccc(N)c3cc(Br)cnc23)CC1O. The summed E-state index contributed by atoms with van der Waals surface area (Å²) in [6.45, 7) is 3.69. The maximum Gasteiger partial charge on any atom is 0.0956 e. The predicted octanol–water partition coefficient (Wildman–Crippen LogP) is 2.79. The first kappa shape index (κ1) is 13.6. The van der Waals surface area contributed by atoms with Gasteiger partial charge in [0, 0.05) is 34.8 Å². The summed E-state index contributed by atoms with van der Waals surface area (Å²) < 4.78 is 0.918. The van der Waals surface area contributed by atoms with E-state index in [1.54, 1.807) is 6.20 Å². The molecular formula is C15H18BrN3O. The van der Waals surface area contributed by atoms with Crippen LogP contribution >= 0.6 is 15.9 Å². The molecule has 1 aromatic carbocycles. The number of aliphatic hydroxyl groups is 1. The van der Waals surface area contributed by atoms with Crippen molar-refractivity contribution in [3.05, 3.63) is 28.9 Å². The van der Waals surface area contributed by atoms with Gasteiger partial charge in [0.05, 0.1) is 17.3 Å². The van der Waals surface area contributed by atoms with Crippen molar-refractivity contribution in [3.8, 4) is 0 Å². The van der Waals surface area contributed by atoms with Crippen LogP contribution < -0.4 is 10.6 Å². The van der Waals surface area contributed by atoms with Crippen LogP contribution in [0.4, 0.5) is 11.4 Å². The number of piperidine rings is 1. The summed E-state index contributed by atoms with van der Waals surface area (Å²) in [5.74, 6) is 0.355. The molecule has 3 N–H and O–H groups in total. The molecule has 1 saturated heterocycles. The number of fused-ring (bicyclic) bond motifs is 1. The molecule has 2 heterocycles. The Kier molecular flexibility index (Phi) is 3.56. The second-order valence-electron chi connectivity index (χ2n) is 5.50. The van der Waals surface area contributed by atoms with Crippen LogP contribution in [0.1, 0.15) is 13.3 Å². The molecule has 0 aliphatic carbocycles. The Bertz CT molecular complexity index is 646. The molecule has 0 spiro atoms. The van der Waals surface area contributed by atoms with Gasteiger partial charge in [-0.1, -0.05) is 6.92 Å². The summed E-state index contributed by atoms with van der Waals surface area (Å²) in [7, 11) is 0. The van der Waals surface area contributed by atoms with Gasteiger partial charge < -0.3 is 15.7 Å². The molecule has 3 rings (SSSR count). The molecule has 0 amide bonds. The van der Waals surface area contributed by atoms with E-state index >= 15 is 0 Å². The zero-order chi connectivity index (χ0) is 14.3. The zero-order valence-corrected chi connectivity index (χ0v) is 13.0. The quantitative estimate of drug-likeness (QED) is 0.786. The van der Waals surface area contributed by atoms with Gasteiger partial charge in [-0.05, 0) is 46.5 Å². The van der Waals surface area contributed by atoms with Crippen molar-refractivity contribution in [1.29, 1.82) is 0 Å². The number of pyridine rings is 1. The molecule has 2 aromatic rings. The van der Waals surface area contributed by atoms with Crippen LogP contribution in [0.15, 0.2) is 28.9 Å². The van der Waals surface area contributed by atoms with Gasteiger partial charge in [0.2, 0.25) is 0 Å². The Morgan fingerprint density at radius 3 is 3.00 bits per heavy atom. The van der Waals surface area contributed by atoms with E-state index in [1.165, 1.54) is 0 Å². The summed E-state index contributed by atoms with van der Waals surface area (Å²) in [4.78, 5) is 6.71. The van der Waals surface area contributed by atoms with E-state index in [1.807, 2.05) is 18.2 Å². The third kappa shape index (κ3) is 2.36. The van der Waals surface area contributed by atoms with Gasteiger partial charge in [-0.15, -0.1) is 0 Å². The molecule has 4 nitrogen and oxygen atoms in total. The highest BCUT2D eigenvalue weighted by atomic mass is 79.9. The minimum Gasteiger partial charge on any atom is -0.398 e. The van der Waals surface area contributed by atoms with Gasteiger partial charge in [-0.2, -0.15) is 0 Å². The Morgan fingerprint density at radius 2 is 2.25 bits per heavy atom. The van der Waals surface area contributed by atoms with Gasteiger partial charge in [0.15, 0.2) is 0 Å². The van der Waals surface area contributed by atoms with Crippen molar-refractivity contribution >= 4 is 38.2 Å². The number of aromatic nitrogens is 1. The number of aliphatic hydroxyl groups excluding tert-OH is 1. The Balaban J connectivity index is 2.06. The van der Waals surface area contributed by atoms with Crippen LogP contribution in [0, 0.1) is 5.92 Å². The van der Waals surface area contributed by atoms with Crippen molar-refractivity contribution < 1.29 is 5.11 Å². The first-order chi connectivity index (χ1) is 9.56. The highest BCUT2D eigenvalue weighted by molar-refractivity contribution is 9.10. The Labute approximate surface area is 126 Å². The number of anilines is 2. The summed E-state index contributed by atoms with van der Waals surface area (Å²) in [5, 5.41) is 11.0. The Morgan fingerprint density at radius 1 is 1.45 bits per heavy atom. The molecule has 1 aliphatic heterocycles. The van der Waals surface area contributed by atoms with Crippen molar-refractivity contribution in [2.24, 2.45) is 5.92 Å². The lowest BCUT2D eigenvalue weighted by molar-refractivity contribution is 0.103. The first-order valence-corrected chi connectivity index (χ1v) is 7.62. The minimum absolute atomic E-state index is 0.285. The standard InChI is InChI=1S/C15H18BrN3O/c1-9-4-5-19(8-14(9)20)13-3-2-12(17)11-6-10(16)7-18-15(11)13/h2-3,6-7,9,14,20H,4-5,8,17H2,1H3. The summed E-state index contributed by atoms with van der Waals surface area (Å²) in [6, 6.07) is 5.90. The summed E-state index contributed by atoms with van der Waals surface area (Å²) >= 11 is 3.43. The summed E-state index contributed by atoms with van der Waals surface area (Å²) in [5.41, 5.74) is 8.72. The number of hydrogen-bond acceptors (Lipinski definition) is 4. The number of halogens is 1. The highest BCUT2D eigenvalue weighted by Gasteiger charge is 2.25. The van der Waals surface area contributed by atoms with E-state index in [9.17, 15) is 5.11 Å². The van der Waals surface area contributed by atoms with Crippen LogP contribution in [0.3, 0.4) is 0 Å². The molecule has 0 saturated carbocycles. The molecule has 1 aromatic heterocycles. The number of rotatable bonds is 1. The van der Waals surface area contributed by atoms with Crippen LogP contribution in [0.5, 0.6) is 0 Å². The van der Waals surface area contributed by atoms with Gasteiger partial charge in [-0.25, -0.2) is 0 Å². The maximum atomic E-state index is 10.1. The van der Waals surface area contributed by atoms with Crippen LogP contribution in [-0.4, -0.2) is 29.3 Å². The zero-order valence-electron chi connectivity index (χ0n) is 11.4. The van der Waals surface area contributed by atoms with Gasteiger partial charge in [0.1, 0.15) is 0 Å². The predicted molar refractivity (Wildman–Crippen MR) is 85.9 cm³/mol. The number of hydrogen-bond donors (Lipinski definition) is 2. The molecule has 1 aliphatic rings. The molecule has 2 atom stereocenters. The summed E-state index contributed by atoms with van der Waals surface area (Å²) in [6.07, 6.45) is 2.49. The number of nitrogens with two attached hydrogens (primary N) is 1. The van der Waals surface area contributed by atoms with E-state index in [2.05, 4.69) is 32.7 Å². The normalized spacial score (nSPS) is 23.2. The molecule has 20 heavy (non-hydrogen) atoms. The number of benzene rings is 1. The van der Waals surface area contributed by atoms with Gasteiger partial charge >= 0.3 is 0 Å². The Hall–Kier alpha value is -1.33. The third-order valence-corrected chi connectivity index (χ3v) is 4.52. The molecular weight excluding hydrogens is 318 g/mol. The lowest BCUT2D eigenvalue weighted by Crippen LogP contribution is -2.43. The average molecular weight is 336 g/mol. The molecule has 1 fully saturated rings. The van der Waals surface area contributed by atoms with Crippen molar-refractivity contribution in [3.63, 3.8) is 0 Å². The van der Waals surface area contributed by atoms with E-state index < -0.39 is 0 Å². The van der Waals surface area contributed by atoms with Crippen molar-refractivity contribution in [2.75, 3.05) is 23.7 Å². The molecule has 0 bridgehead atoms. The van der Waals surface area contributed by atoms with Gasteiger partial charge in [0.25, 0.3) is 0 Å². The van der Waals surface area contributed by atoms with E-state index in [4.69, 9.17) is 5.73 Å². The molecule has 5 heteroatoms. The number of nitrogens with zero attached hydrogens (tertiary/aromatic N) is 2. The van der Waals surface area contributed by atoms with Crippen molar-refractivity contribution in [2.45, 2.75) is 19.4 Å². The first-order valence-electron chi connectivity index (χ1n) is 6.83. The smallest absolute Gasteiger partial charge is 0.0956 e. The lowest BCUT2D eigenvalue weighted by atomic mass is 9.95. The number of β-amino-alcohol motifs (C(OH)–C–C–N with tert-alkyl or cyclic N) is 1. The average Bonchev–Trinajstić information content (AvgIpc) is 2.43. The van der Waals surface area contributed by atoms with Crippen LogP contribution in [-0.2, 0) is 0 Å². The molecule has 0 radical (unpaired) electrons. The fraction of sp³-hybridized carbons (Fsp3) is 0.400. The van der Waals surface area contributed by atoms with E-state index in [-0.39, 0.29) is 6.10 Å². The second-order valence-corrected chi connectivity index (χ2v) is 6.42. The number of nitrogen functional groups attached to an aromatic ring is 1. The third-order valence-electron chi connectivity index (χ3n) is 4.09. The molecule has 106 valence electrons. The second kappa shape index (κ2) is 5.22. The minimum atomic E-state index is -0.285. The topological polar surface area (TPSA) is 62.4 Å². The van der Waals surface area contributed by atoms with Crippen LogP contribution in [0.25, 0.3) is 10.9 Å². The largest absolute Gasteiger partial charge is 0.398 e. The maximum absolute atomic E-state index is 10.1. The van der Waals surface area contributed by atoms with Gasteiger partial charge in [-0.3, -0.25) is 4.98 Å².